The van der Waals surface area contributed by atoms with E-state index in [0.717, 1.165) is 0 Å². The molecular formula is C35H49N9O11. The predicted molar refractivity (Wildman–Crippen MR) is 194 cm³/mol. The number of primary amides is 1. The van der Waals surface area contributed by atoms with Crippen LogP contribution in [0.1, 0.15) is 83.6 Å². The normalized spacial score (nSPS) is 13.8. The number of carboxylic acid groups (broad SMARTS) is 1. The zero-order chi connectivity index (χ0) is 40.9. The van der Waals surface area contributed by atoms with Gasteiger partial charge in [0.2, 0.25) is 35.3 Å². The summed E-state index contributed by atoms with van der Waals surface area (Å²) in [6.45, 7) is 3.64. The number of aliphatic carboxylic acids is 1. The number of hydrogen-bond donors (Lipinski definition) is 7. The van der Waals surface area contributed by atoms with Gasteiger partial charge in [-0.3, -0.25) is 33.7 Å². The fraction of sp³-hybridized carbons (Fsp3) is 0.543. The number of Topliss-reactive ketones (excluding diaryl/α,β-unsaturated/α-hetero) is 1. The summed E-state index contributed by atoms with van der Waals surface area (Å²) < 4.78 is 5.07. The van der Waals surface area contributed by atoms with Crippen LogP contribution in [0.15, 0.2) is 24.3 Å². The monoisotopic (exact) mass is 771 g/mol. The van der Waals surface area contributed by atoms with E-state index in [1.165, 1.54) is 29.2 Å². The number of anilines is 1. The number of unbranched alkanes of at least 4 members (excludes halogenated alkanes) is 2. The molecule has 1 aromatic carbocycles. The molecule has 20 nitrogen and oxygen atoms in total. The average molecular weight is 772 g/mol. The smallest absolute Gasteiger partial charge is 0.408 e. The third kappa shape index (κ3) is 17.0. The van der Waals surface area contributed by atoms with Crippen molar-refractivity contribution in [2.45, 2.75) is 103 Å². The molecule has 8 N–H and O–H groups in total. The highest BCUT2D eigenvalue weighted by Crippen LogP contribution is 2.15. The van der Waals surface area contributed by atoms with Crippen molar-refractivity contribution in [1.82, 2.24) is 26.2 Å². The molecule has 0 aliphatic carbocycles. The number of ketones is 1. The summed E-state index contributed by atoms with van der Waals surface area (Å²) in [6, 6.07) is 1.83. The zero-order valence-corrected chi connectivity index (χ0v) is 30.8. The molecule has 0 bridgehead atoms. The molecular weight excluding hydrogens is 722 g/mol. The van der Waals surface area contributed by atoms with Crippen LogP contribution in [0.2, 0.25) is 0 Å². The Hall–Kier alpha value is -6.17. The lowest BCUT2D eigenvalue weighted by molar-refractivity contribution is -0.140. The maximum Gasteiger partial charge on any atom is 0.408 e. The van der Waals surface area contributed by atoms with Gasteiger partial charge in [0, 0.05) is 44.5 Å². The first-order chi connectivity index (χ1) is 26.1. The molecule has 1 heterocycles. The number of likely N-dealkylation sites (tertiary alicyclic amines) is 1. The topological polar surface area (TPSA) is 309 Å². The Labute approximate surface area is 317 Å². The number of nitrogens with two attached hydrogens (primary N) is 1. The second kappa shape index (κ2) is 23.5. The van der Waals surface area contributed by atoms with Gasteiger partial charge in [0.1, 0.15) is 24.7 Å². The Morgan fingerprint density at radius 3 is 2.16 bits per heavy atom. The minimum absolute atomic E-state index is 0.0974. The van der Waals surface area contributed by atoms with E-state index in [1.54, 1.807) is 13.8 Å². The first kappa shape index (κ1) is 45.0. The van der Waals surface area contributed by atoms with Crippen LogP contribution in [0.25, 0.3) is 5.53 Å². The Morgan fingerprint density at radius 1 is 0.891 bits per heavy atom. The summed E-state index contributed by atoms with van der Waals surface area (Å²) in [7, 11) is 0. The van der Waals surface area contributed by atoms with Crippen LogP contribution in [0.5, 0.6) is 0 Å². The van der Waals surface area contributed by atoms with Gasteiger partial charge in [-0.25, -0.2) is 14.4 Å². The number of nitrogens with zero attached hydrogens (tertiary/aromatic N) is 3. The van der Waals surface area contributed by atoms with Crippen molar-refractivity contribution in [2.75, 3.05) is 18.4 Å². The van der Waals surface area contributed by atoms with E-state index in [0.29, 0.717) is 43.3 Å². The van der Waals surface area contributed by atoms with E-state index in [4.69, 9.17) is 16.0 Å². The number of carbonyl (C=O) groups is 9. The Bertz CT molecular complexity index is 1590. The number of urea groups is 1. The highest BCUT2D eigenvalue weighted by Gasteiger charge is 2.30. The summed E-state index contributed by atoms with van der Waals surface area (Å²) in [6.07, 6.45) is 1.54. The number of nitrogens with one attached hydrogen (secondary N) is 5. The largest absolute Gasteiger partial charge is 0.480 e. The van der Waals surface area contributed by atoms with Crippen molar-refractivity contribution in [3.05, 3.63) is 35.4 Å². The lowest BCUT2D eigenvalue weighted by atomic mass is 10.0. The molecule has 0 saturated carbocycles. The molecule has 1 fully saturated rings. The van der Waals surface area contributed by atoms with Crippen molar-refractivity contribution in [3.8, 4) is 0 Å². The van der Waals surface area contributed by atoms with E-state index in [9.17, 15) is 48.3 Å². The van der Waals surface area contributed by atoms with E-state index < -0.39 is 53.8 Å². The standard InChI is InChI=1S/C35H49N9O11/c1-21(2)30(43-27(46)8-4-3-5-18-44-28(47)15-16-29(44)48)32(50)41-25(7-6-17-38-34(36)53)31(49)40-23-11-9-22(10-12-23)20-55-35(54)42-26(33(51)52)14-13-24(45)19-39-37/h9-12,19,21,25-26,30H,3-8,13-18,20H2,1-2H3,(H,40,49)(H,41,50)(H,42,54)(H,43,46)(H,51,52)(H3,36,38,53)/t25?,26-,30?/m0/s1. The highest BCUT2D eigenvalue weighted by atomic mass is 16.5. The van der Waals surface area contributed by atoms with Gasteiger partial charge >= 0.3 is 24.3 Å². The minimum atomic E-state index is -1.43. The number of carboxylic acids is 1. The van der Waals surface area contributed by atoms with Crippen molar-refractivity contribution in [3.63, 3.8) is 0 Å². The average Bonchev–Trinajstić information content (AvgIpc) is 3.45. The molecule has 1 aliphatic heterocycles. The SMILES string of the molecule is CC(C)C(NC(=O)CCCCCN1C(=O)CCC1=O)C(=O)NC(CCCNC(N)=O)C(=O)Nc1ccc(COC(=O)N[C@@H](CCC(=O)C=[N+]=[N-])C(=O)O)cc1. The number of imide groups is 1. The molecule has 1 aliphatic rings. The van der Waals surface area contributed by atoms with Crippen LogP contribution in [0.3, 0.4) is 0 Å². The number of carbonyl (C=O) groups excluding carboxylic acids is 8. The molecule has 300 valence electrons. The number of hydrogen-bond acceptors (Lipinski definition) is 10. The maximum atomic E-state index is 13.4. The molecule has 1 aromatic rings. The fourth-order valence-corrected chi connectivity index (χ4v) is 5.35. The van der Waals surface area contributed by atoms with Crippen molar-refractivity contribution in [1.29, 1.82) is 0 Å². The number of benzene rings is 1. The van der Waals surface area contributed by atoms with Gasteiger partial charge < -0.3 is 47.7 Å². The fourth-order valence-electron chi connectivity index (χ4n) is 5.35. The first-order valence-electron chi connectivity index (χ1n) is 17.8. The molecule has 3 atom stereocenters. The summed E-state index contributed by atoms with van der Waals surface area (Å²) in [5, 5.41) is 22.0. The predicted octanol–water partition coefficient (Wildman–Crippen LogP) is 0.738. The van der Waals surface area contributed by atoms with Gasteiger partial charge in [-0.1, -0.05) is 32.4 Å². The van der Waals surface area contributed by atoms with Crippen LogP contribution in [-0.4, -0.2) is 106 Å². The number of alkyl carbamates (subject to hydrolysis) is 1. The maximum absolute atomic E-state index is 13.4. The summed E-state index contributed by atoms with van der Waals surface area (Å²) in [5.41, 5.74) is 14.3. The molecule has 2 rings (SSSR count). The molecule has 0 aromatic heterocycles. The van der Waals surface area contributed by atoms with Gasteiger partial charge in [0.25, 0.3) is 0 Å². The molecule has 55 heavy (non-hydrogen) atoms. The summed E-state index contributed by atoms with van der Waals surface area (Å²) in [5.74, 6) is -4.33. The lowest BCUT2D eigenvalue weighted by Gasteiger charge is -2.25. The van der Waals surface area contributed by atoms with E-state index in [1.807, 2.05) is 0 Å². The van der Waals surface area contributed by atoms with Crippen molar-refractivity contribution >= 4 is 65.3 Å². The van der Waals surface area contributed by atoms with E-state index in [2.05, 4.69) is 31.4 Å². The van der Waals surface area contributed by atoms with Crippen LogP contribution < -0.4 is 32.3 Å². The van der Waals surface area contributed by atoms with Gasteiger partial charge in [-0.15, -0.1) is 0 Å². The molecule has 8 amide bonds. The zero-order valence-electron chi connectivity index (χ0n) is 30.8. The molecule has 2 unspecified atom stereocenters. The molecule has 20 heteroatoms. The highest BCUT2D eigenvalue weighted by molar-refractivity contribution is 6.25. The van der Waals surface area contributed by atoms with Gasteiger partial charge in [0.15, 0.2) is 0 Å². The van der Waals surface area contributed by atoms with Gasteiger partial charge in [-0.2, -0.15) is 4.79 Å². The number of ether oxygens (including phenoxy) is 1. The summed E-state index contributed by atoms with van der Waals surface area (Å²) >= 11 is 0. The molecule has 1 saturated heterocycles. The minimum Gasteiger partial charge on any atom is -0.480 e. The second-order valence-electron chi connectivity index (χ2n) is 13.1. The second-order valence-corrected chi connectivity index (χ2v) is 13.1. The van der Waals surface area contributed by atoms with E-state index in [-0.39, 0.29) is 81.7 Å². The number of amides is 8. The van der Waals surface area contributed by atoms with E-state index >= 15 is 0 Å². The van der Waals surface area contributed by atoms with Crippen LogP contribution in [-0.2, 0) is 44.9 Å². The lowest BCUT2D eigenvalue weighted by Crippen LogP contribution is -2.54. The Balaban J connectivity index is 1.95. The van der Waals surface area contributed by atoms with Crippen LogP contribution in [0.4, 0.5) is 15.3 Å². The number of rotatable bonds is 24. The summed E-state index contributed by atoms with van der Waals surface area (Å²) in [4.78, 5) is 113. The Kier molecular flexibility index (Phi) is 19.2. The van der Waals surface area contributed by atoms with Crippen molar-refractivity contribution < 1.29 is 57.8 Å². The first-order valence-corrected chi connectivity index (χ1v) is 17.8. The van der Waals surface area contributed by atoms with Crippen molar-refractivity contribution in [2.24, 2.45) is 11.7 Å². The van der Waals surface area contributed by atoms with Crippen LogP contribution in [0, 0.1) is 5.92 Å². The van der Waals surface area contributed by atoms with Crippen LogP contribution >= 0.6 is 0 Å². The molecule has 0 radical (unpaired) electrons. The van der Waals surface area contributed by atoms with Gasteiger partial charge in [-0.05, 0) is 55.7 Å². The third-order valence-electron chi connectivity index (χ3n) is 8.37. The quantitative estimate of drug-likeness (QED) is 0.0253. The Morgan fingerprint density at radius 2 is 1.56 bits per heavy atom. The third-order valence-corrected chi connectivity index (χ3v) is 8.37. The van der Waals surface area contributed by atoms with Gasteiger partial charge in [0.05, 0.1) is 0 Å². The molecule has 0 spiro atoms.